The summed E-state index contributed by atoms with van der Waals surface area (Å²) in [6.07, 6.45) is 3.50. The number of methoxy groups -OCH3 is 2. The number of carboxylic acid groups (broad SMARTS) is 1. The summed E-state index contributed by atoms with van der Waals surface area (Å²) in [5.41, 5.74) is 9.68. The first kappa shape index (κ1) is 35.5. The molecule has 4 aromatic heterocycles. The van der Waals surface area contributed by atoms with Crippen molar-refractivity contribution in [3.05, 3.63) is 103 Å². The van der Waals surface area contributed by atoms with E-state index in [4.69, 9.17) is 21.4 Å². The largest absolute Gasteiger partial charge is 0.477 e. The van der Waals surface area contributed by atoms with Crippen LogP contribution in [0, 0.1) is 22.7 Å². The number of aromatic nitrogens is 4. The number of hydrogen-bond donors (Lipinski definition) is 5. The van der Waals surface area contributed by atoms with E-state index in [-0.39, 0.29) is 36.5 Å². The molecule has 0 spiro atoms. The van der Waals surface area contributed by atoms with Gasteiger partial charge in [-0.05, 0) is 35.4 Å². The molecular formula is C32H26N8O7S2. The molecule has 6 aromatic rings. The second-order valence-electron chi connectivity index (χ2n) is 9.60. The number of nitriles is 2. The maximum absolute atomic E-state index is 12.3. The van der Waals surface area contributed by atoms with Gasteiger partial charge in [0.25, 0.3) is 5.91 Å². The molecule has 0 atom stereocenters. The summed E-state index contributed by atoms with van der Waals surface area (Å²) in [5, 5.41) is 44.8. The summed E-state index contributed by atoms with van der Waals surface area (Å²) in [6, 6.07) is 17.8. The van der Waals surface area contributed by atoms with Crippen molar-refractivity contribution in [2.75, 3.05) is 14.2 Å². The van der Waals surface area contributed by atoms with Crippen LogP contribution < -0.4 is 11.1 Å². The molecule has 0 saturated carbocycles. The van der Waals surface area contributed by atoms with Crippen LogP contribution in [0.3, 0.4) is 0 Å². The number of nitrogens with one attached hydrogen (secondary N) is 3. The van der Waals surface area contributed by atoms with Crippen molar-refractivity contribution in [2.24, 2.45) is 5.73 Å². The van der Waals surface area contributed by atoms with Gasteiger partial charge in [-0.25, -0.2) is 14.4 Å². The zero-order valence-electron chi connectivity index (χ0n) is 25.8. The molecule has 15 nitrogen and oxygen atoms in total. The minimum Gasteiger partial charge on any atom is -0.477 e. The fourth-order valence-electron chi connectivity index (χ4n) is 4.31. The minimum atomic E-state index is -1.17. The van der Waals surface area contributed by atoms with Gasteiger partial charge in [0.1, 0.15) is 26.8 Å². The van der Waals surface area contributed by atoms with Crippen molar-refractivity contribution in [1.29, 1.82) is 10.5 Å². The van der Waals surface area contributed by atoms with Crippen LogP contribution in [-0.2, 0) is 22.6 Å². The molecule has 0 aliphatic rings. The molecule has 0 aliphatic heterocycles. The highest BCUT2D eigenvalue weighted by molar-refractivity contribution is 7.16. The Morgan fingerprint density at radius 2 is 1.33 bits per heavy atom. The second kappa shape index (κ2) is 16.4. The minimum absolute atomic E-state index is 0.0207. The smallest absolute Gasteiger partial charge is 0.349 e. The Morgan fingerprint density at radius 3 is 1.82 bits per heavy atom. The van der Waals surface area contributed by atoms with E-state index in [9.17, 15) is 19.2 Å². The molecular weight excluding hydrogens is 673 g/mol. The Balaban J connectivity index is 0.000000183. The van der Waals surface area contributed by atoms with Gasteiger partial charge in [0.05, 0.1) is 53.7 Å². The van der Waals surface area contributed by atoms with Crippen LogP contribution in [0.15, 0.2) is 60.9 Å². The first-order valence-electron chi connectivity index (χ1n) is 13.9. The van der Waals surface area contributed by atoms with Crippen molar-refractivity contribution >= 4 is 68.3 Å². The van der Waals surface area contributed by atoms with E-state index in [1.165, 1.54) is 20.3 Å². The number of carboxylic acids is 1. The summed E-state index contributed by atoms with van der Waals surface area (Å²) in [7, 11) is 2.40. The van der Waals surface area contributed by atoms with Gasteiger partial charge in [0, 0.05) is 23.9 Å². The molecule has 6 rings (SSSR count). The average molecular weight is 699 g/mol. The zero-order valence-corrected chi connectivity index (χ0v) is 27.4. The van der Waals surface area contributed by atoms with Gasteiger partial charge < -0.3 is 25.6 Å². The number of amides is 1. The standard InChI is InChI=1S/C16H12N4O3S.C8H9N3.C8H5NO4S/c1-23-16(22)14-10(6-17)5-13(24-14)15(21)18-7-9-3-2-4-12-11(9)8-19-20-12;9-4-6-2-1-3-8-7(6)5-10-11-8;1-13-8(12)6-4(3-9)2-5(14-6)7(10)11/h2-5,8H,7H2,1H3,(H,18,21)(H,19,20);1-3,5H,4,9H2,(H,10,11);2H,1H3,(H,10,11). The van der Waals surface area contributed by atoms with E-state index in [1.807, 2.05) is 42.5 Å². The van der Waals surface area contributed by atoms with E-state index in [2.05, 4.69) is 35.2 Å². The lowest BCUT2D eigenvalue weighted by atomic mass is 10.1. The number of thiophene rings is 2. The Morgan fingerprint density at radius 1 is 0.837 bits per heavy atom. The van der Waals surface area contributed by atoms with Gasteiger partial charge in [-0.1, -0.05) is 24.3 Å². The van der Waals surface area contributed by atoms with Gasteiger partial charge >= 0.3 is 17.9 Å². The van der Waals surface area contributed by atoms with E-state index in [0.29, 0.717) is 13.1 Å². The highest BCUT2D eigenvalue weighted by atomic mass is 32.1. The van der Waals surface area contributed by atoms with Gasteiger partial charge in [-0.3, -0.25) is 15.0 Å². The molecule has 0 saturated heterocycles. The first-order chi connectivity index (χ1) is 23.6. The van der Waals surface area contributed by atoms with Crippen LogP contribution in [0.5, 0.6) is 0 Å². The monoisotopic (exact) mass is 698 g/mol. The number of carbonyl (C=O) groups excluding carboxylic acids is 3. The molecule has 1 amide bonds. The molecule has 4 heterocycles. The molecule has 6 N–H and O–H groups in total. The number of fused-ring (bicyclic) bond motifs is 2. The van der Waals surface area contributed by atoms with E-state index < -0.39 is 17.9 Å². The SMILES string of the molecule is COC(=O)c1sc(C(=O)NCc2cccc3[nH]ncc23)cc1C#N.COC(=O)c1sc(C(=O)O)cc1C#N.NCc1cccc2[nH]ncc12. The van der Waals surface area contributed by atoms with Crippen LogP contribution in [0.4, 0.5) is 0 Å². The molecule has 2 aromatic carbocycles. The molecule has 49 heavy (non-hydrogen) atoms. The fourth-order valence-corrected chi connectivity index (χ4v) is 6.12. The molecule has 0 unspecified atom stereocenters. The number of H-pyrrole nitrogens is 2. The highest BCUT2D eigenvalue weighted by Gasteiger charge is 2.21. The van der Waals surface area contributed by atoms with Gasteiger partial charge in [-0.15, -0.1) is 22.7 Å². The molecule has 248 valence electrons. The predicted molar refractivity (Wildman–Crippen MR) is 179 cm³/mol. The third kappa shape index (κ3) is 8.31. The summed E-state index contributed by atoms with van der Waals surface area (Å²) < 4.78 is 9.02. The first-order valence-corrected chi connectivity index (χ1v) is 15.6. The molecule has 0 aliphatic carbocycles. The Labute approximate surface area is 285 Å². The third-order valence-electron chi connectivity index (χ3n) is 6.69. The Bertz CT molecular complexity index is 2240. The van der Waals surface area contributed by atoms with Gasteiger partial charge in [-0.2, -0.15) is 20.7 Å². The number of nitrogens with zero attached hydrogens (tertiary/aromatic N) is 4. The number of rotatable bonds is 7. The number of aromatic amines is 2. The van der Waals surface area contributed by atoms with E-state index in [1.54, 1.807) is 18.5 Å². The quantitative estimate of drug-likeness (QED) is 0.146. The summed E-state index contributed by atoms with van der Waals surface area (Å²) in [6.45, 7) is 0.875. The summed E-state index contributed by atoms with van der Waals surface area (Å²) in [4.78, 5) is 45.9. The van der Waals surface area contributed by atoms with Crippen molar-refractivity contribution < 1.29 is 33.8 Å². The van der Waals surface area contributed by atoms with Crippen molar-refractivity contribution in [2.45, 2.75) is 13.1 Å². The predicted octanol–water partition coefficient (Wildman–Crippen LogP) is 4.34. The van der Waals surface area contributed by atoms with Gasteiger partial charge in [0.2, 0.25) is 0 Å². The van der Waals surface area contributed by atoms with Crippen LogP contribution in [-0.4, -0.2) is 63.5 Å². The van der Waals surface area contributed by atoms with Crippen molar-refractivity contribution in [3.8, 4) is 12.1 Å². The number of carbonyl (C=O) groups is 4. The number of aromatic carboxylic acids is 1. The number of esters is 2. The number of ether oxygens (including phenoxy) is 2. The van der Waals surface area contributed by atoms with E-state index >= 15 is 0 Å². The lowest BCUT2D eigenvalue weighted by Crippen LogP contribution is -2.21. The molecule has 0 radical (unpaired) electrons. The molecule has 0 fully saturated rings. The zero-order chi connectivity index (χ0) is 35.5. The van der Waals surface area contributed by atoms with Crippen molar-refractivity contribution in [1.82, 2.24) is 25.7 Å². The maximum atomic E-state index is 12.3. The van der Waals surface area contributed by atoms with Crippen LogP contribution >= 0.6 is 22.7 Å². The second-order valence-corrected chi connectivity index (χ2v) is 11.7. The Kier molecular flexibility index (Phi) is 11.9. The topological polar surface area (TPSA) is 250 Å². The normalized spacial score (nSPS) is 10.1. The van der Waals surface area contributed by atoms with Crippen molar-refractivity contribution in [3.63, 3.8) is 0 Å². The third-order valence-corrected chi connectivity index (χ3v) is 8.91. The van der Waals surface area contributed by atoms with E-state index in [0.717, 1.165) is 61.7 Å². The number of hydrogen-bond acceptors (Lipinski definition) is 13. The maximum Gasteiger partial charge on any atom is 0.349 e. The average Bonchev–Trinajstić information content (AvgIpc) is 3.95. The molecule has 0 bridgehead atoms. The fraction of sp³-hybridized carbons (Fsp3) is 0.125. The lowest BCUT2D eigenvalue weighted by molar-refractivity contribution is 0.0597. The highest BCUT2D eigenvalue weighted by Crippen LogP contribution is 2.24. The van der Waals surface area contributed by atoms with Gasteiger partial charge in [0.15, 0.2) is 0 Å². The molecule has 17 heteroatoms. The van der Waals surface area contributed by atoms with Crippen LogP contribution in [0.2, 0.25) is 0 Å². The van der Waals surface area contributed by atoms with Crippen LogP contribution in [0.25, 0.3) is 21.8 Å². The number of benzene rings is 2. The Hall–Kier alpha value is -6.40. The lowest BCUT2D eigenvalue weighted by Gasteiger charge is -2.05. The van der Waals surface area contributed by atoms with Crippen LogP contribution in [0.1, 0.15) is 60.9 Å². The summed E-state index contributed by atoms with van der Waals surface area (Å²) in [5.74, 6) is -2.84. The number of nitrogens with two attached hydrogens (primary N) is 1. The summed E-state index contributed by atoms with van der Waals surface area (Å²) >= 11 is 1.67.